The van der Waals surface area contributed by atoms with Gasteiger partial charge in [0.15, 0.2) is 0 Å². The maximum absolute atomic E-state index is 7.13. The zero-order chi connectivity index (χ0) is 5.41. The molecule has 0 saturated carbocycles. The molecule has 0 radical (unpaired) electrons. The van der Waals surface area contributed by atoms with Crippen molar-refractivity contribution in [3.05, 3.63) is 0 Å². The third kappa shape index (κ3) is 296. The molecule has 0 aliphatic carbocycles. The maximum atomic E-state index is 7.13. The standard InChI is InChI=1S/2CHNS.2Au/c2*2-1-3;;/h2*3H;;/q;;2*+1/p-2. The Morgan fingerprint density at radius 1 is 0.875 bits per heavy atom. The molecule has 0 bridgehead atoms. The van der Waals surface area contributed by atoms with E-state index < -0.39 is 0 Å². The van der Waals surface area contributed by atoms with Crippen LogP contribution in [0.1, 0.15) is 0 Å². The SMILES string of the molecule is N#C[S-].N#C[S-].[Au+].[Au+]. The molecule has 0 aromatic heterocycles. The first-order valence-corrected chi connectivity index (χ1v) is 1.67. The molecule has 0 N–H and O–H groups in total. The van der Waals surface area contributed by atoms with Gasteiger partial charge in [0.05, 0.1) is 0 Å². The fourth-order valence-electron chi connectivity index (χ4n) is 0. The van der Waals surface area contributed by atoms with Gasteiger partial charge in [-0.3, -0.25) is 0 Å². The summed E-state index contributed by atoms with van der Waals surface area (Å²) in [5, 5.41) is 16.9. The molecule has 0 heterocycles. The summed E-state index contributed by atoms with van der Waals surface area (Å²) in [5.41, 5.74) is 0. The van der Waals surface area contributed by atoms with Crippen molar-refractivity contribution >= 4 is 25.3 Å². The molecular formula is C2Au2N2S2. The molecular weight excluding hydrogens is 510 g/mol. The van der Waals surface area contributed by atoms with Crippen LogP contribution in [0.3, 0.4) is 0 Å². The van der Waals surface area contributed by atoms with Gasteiger partial charge >= 0.3 is 44.8 Å². The second-order valence-electron chi connectivity index (χ2n) is 0.183. The van der Waals surface area contributed by atoms with Crippen molar-refractivity contribution in [1.82, 2.24) is 0 Å². The van der Waals surface area contributed by atoms with E-state index >= 15 is 0 Å². The molecule has 0 fully saturated rings. The molecule has 0 aromatic carbocycles. The third-order valence-corrected chi connectivity index (χ3v) is 0. The fraction of sp³-hybridized carbons (Fsp3) is 0. The zero-order valence-electron chi connectivity index (χ0n) is 3.31. The van der Waals surface area contributed by atoms with Crippen LogP contribution in [-0.2, 0) is 70.0 Å². The number of thiocyanates is 2. The normalized spacial score (nSPS) is 1.75. The summed E-state index contributed by atoms with van der Waals surface area (Å²) >= 11 is 7.40. The summed E-state index contributed by atoms with van der Waals surface area (Å²) in [6.07, 6.45) is 0. The van der Waals surface area contributed by atoms with E-state index in [-0.39, 0.29) is 44.8 Å². The average molecular weight is 510 g/mol. The molecule has 52 valence electrons. The van der Waals surface area contributed by atoms with E-state index in [1.54, 1.807) is 0 Å². The molecule has 0 aromatic rings. The van der Waals surface area contributed by atoms with Gasteiger partial charge in [0.2, 0.25) is 0 Å². The van der Waals surface area contributed by atoms with Crippen molar-refractivity contribution in [3.8, 4) is 10.8 Å². The molecule has 6 heteroatoms. The van der Waals surface area contributed by atoms with Gasteiger partial charge in [0.25, 0.3) is 0 Å². The van der Waals surface area contributed by atoms with Crippen LogP contribution in [0.5, 0.6) is 0 Å². The van der Waals surface area contributed by atoms with Gasteiger partial charge in [0.1, 0.15) is 0 Å². The van der Waals surface area contributed by atoms with Crippen molar-refractivity contribution in [2.45, 2.75) is 0 Å². The molecule has 8 heavy (non-hydrogen) atoms. The monoisotopic (exact) mass is 510 g/mol. The molecule has 0 unspecified atom stereocenters. The van der Waals surface area contributed by atoms with E-state index in [0.717, 1.165) is 0 Å². The first-order valence-electron chi connectivity index (χ1n) is 0.855. The van der Waals surface area contributed by atoms with Crippen LogP contribution in [0.4, 0.5) is 0 Å². The van der Waals surface area contributed by atoms with E-state index in [2.05, 4.69) is 25.3 Å². The smallest absolute Gasteiger partial charge is 0.696 e. The molecule has 0 aliphatic rings. The quantitative estimate of drug-likeness (QED) is 0.262. The first-order chi connectivity index (χ1) is 2.83. The summed E-state index contributed by atoms with van der Waals surface area (Å²) in [4.78, 5) is 0. The molecule has 2 nitrogen and oxygen atoms in total. The van der Waals surface area contributed by atoms with Crippen LogP contribution in [0.25, 0.3) is 0 Å². The second kappa shape index (κ2) is 44.7. The van der Waals surface area contributed by atoms with E-state index in [9.17, 15) is 0 Å². The Kier molecular flexibility index (Phi) is 129. The van der Waals surface area contributed by atoms with Crippen molar-refractivity contribution in [3.63, 3.8) is 0 Å². The third-order valence-electron chi connectivity index (χ3n) is 0. The second-order valence-corrected chi connectivity index (χ2v) is 0.548. The molecule has 0 spiro atoms. The summed E-state index contributed by atoms with van der Waals surface area (Å²) in [6.45, 7) is 0. The molecule has 0 aliphatic heterocycles. The predicted molar refractivity (Wildman–Crippen MR) is 26.0 cm³/mol. The fourth-order valence-corrected chi connectivity index (χ4v) is 0. The van der Waals surface area contributed by atoms with Crippen molar-refractivity contribution in [1.29, 1.82) is 10.5 Å². The minimum absolute atomic E-state index is 0. The number of nitriles is 2. The molecule has 0 atom stereocenters. The van der Waals surface area contributed by atoms with E-state index in [0.29, 0.717) is 0 Å². The van der Waals surface area contributed by atoms with E-state index in [1.807, 2.05) is 0 Å². The summed E-state index contributed by atoms with van der Waals surface area (Å²) in [6, 6.07) is 0. The van der Waals surface area contributed by atoms with Crippen LogP contribution < -0.4 is 0 Å². The Bertz CT molecular complexity index is 71.0. The Morgan fingerprint density at radius 3 is 0.875 bits per heavy atom. The Balaban J connectivity index is -0.0000000160. The Labute approximate surface area is 90.5 Å². The van der Waals surface area contributed by atoms with Crippen LogP contribution in [0.15, 0.2) is 0 Å². The predicted octanol–water partition coefficient (Wildman–Crippen LogP) is 0.0238. The van der Waals surface area contributed by atoms with Crippen molar-refractivity contribution in [2.24, 2.45) is 0 Å². The van der Waals surface area contributed by atoms with Gasteiger partial charge in [-0.05, 0) is 0 Å². The van der Waals surface area contributed by atoms with Gasteiger partial charge in [-0.25, -0.2) is 10.5 Å². The average Bonchev–Trinajstić information content (AvgIpc) is 1.39. The van der Waals surface area contributed by atoms with Crippen molar-refractivity contribution in [2.75, 3.05) is 0 Å². The first kappa shape index (κ1) is 23.1. The maximum Gasteiger partial charge on any atom is 1.00 e. The topological polar surface area (TPSA) is 47.6 Å². The minimum Gasteiger partial charge on any atom is -0.696 e. The summed E-state index contributed by atoms with van der Waals surface area (Å²) in [5.74, 6) is 0. The van der Waals surface area contributed by atoms with Crippen LogP contribution in [0.2, 0.25) is 0 Å². The van der Waals surface area contributed by atoms with Gasteiger partial charge < -0.3 is 25.3 Å². The molecule has 0 amide bonds. The number of hydrogen-bond donors (Lipinski definition) is 0. The minimum atomic E-state index is 0. The summed E-state index contributed by atoms with van der Waals surface area (Å²) < 4.78 is 0. The Hall–Kier alpha value is 0.901. The van der Waals surface area contributed by atoms with Crippen molar-refractivity contribution < 1.29 is 44.8 Å². The van der Waals surface area contributed by atoms with Crippen LogP contribution in [0, 0.1) is 21.3 Å². The van der Waals surface area contributed by atoms with Gasteiger partial charge in [-0.2, -0.15) is 0 Å². The molecule has 0 rings (SSSR count). The molecule has 0 saturated heterocycles. The van der Waals surface area contributed by atoms with Gasteiger partial charge in [-0.15, -0.1) is 0 Å². The van der Waals surface area contributed by atoms with Gasteiger partial charge in [-0.1, -0.05) is 10.8 Å². The number of hydrogen-bond acceptors (Lipinski definition) is 4. The number of rotatable bonds is 0. The summed E-state index contributed by atoms with van der Waals surface area (Å²) in [7, 11) is 0. The van der Waals surface area contributed by atoms with Crippen LogP contribution in [-0.4, -0.2) is 0 Å². The van der Waals surface area contributed by atoms with Gasteiger partial charge in [0, 0.05) is 0 Å². The van der Waals surface area contributed by atoms with E-state index in [1.165, 1.54) is 10.8 Å². The Morgan fingerprint density at radius 2 is 0.875 bits per heavy atom. The largest absolute Gasteiger partial charge is 1.00 e. The van der Waals surface area contributed by atoms with Crippen LogP contribution >= 0.6 is 0 Å². The number of nitrogens with zero attached hydrogens (tertiary/aromatic N) is 2. The van der Waals surface area contributed by atoms with E-state index in [4.69, 9.17) is 10.5 Å². The zero-order valence-corrected chi connectivity index (χ0v) is 9.28.